The standard InChI is InChI=1S/C9H18.2C8H14O.B/c1-8(2)9-6-4-3-5-7-9;1-7(2)8-3-5-9-6-4-8;1-7(2)8-4-3-5-9-6-8;/h8-9H,3-7H2,1-2H3;3,7H,4-6H2,1-2H3;6-7H,3-5H2,1-2H3;. The highest BCUT2D eigenvalue weighted by atomic mass is 16.5. The van der Waals surface area contributed by atoms with E-state index in [2.05, 4.69) is 47.6 Å². The van der Waals surface area contributed by atoms with Gasteiger partial charge >= 0.3 is 0 Å². The summed E-state index contributed by atoms with van der Waals surface area (Å²) in [5.74, 6) is 3.38. The highest BCUT2D eigenvalue weighted by Crippen LogP contribution is 2.29. The minimum atomic E-state index is 0. The molecule has 0 amide bonds. The van der Waals surface area contributed by atoms with Crippen molar-refractivity contribution in [3.05, 3.63) is 23.5 Å². The molecule has 0 spiro atoms. The molecular formula is C25H46BO2. The minimum absolute atomic E-state index is 0. The van der Waals surface area contributed by atoms with E-state index in [1.54, 1.807) is 5.57 Å². The van der Waals surface area contributed by atoms with E-state index in [0.717, 1.165) is 38.1 Å². The minimum Gasteiger partial charge on any atom is -0.501 e. The van der Waals surface area contributed by atoms with E-state index < -0.39 is 0 Å². The van der Waals surface area contributed by atoms with Crippen LogP contribution in [0.4, 0.5) is 0 Å². The molecule has 1 fully saturated rings. The van der Waals surface area contributed by atoms with Crippen molar-refractivity contribution in [2.75, 3.05) is 19.8 Å². The second kappa shape index (κ2) is 16.1. The van der Waals surface area contributed by atoms with E-state index in [1.807, 2.05) is 6.26 Å². The lowest BCUT2D eigenvalue weighted by molar-refractivity contribution is 0.151. The Kier molecular flexibility index (Phi) is 15.7. The molecule has 3 aliphatic rings. The third-order valence-electron chi connectivity index (χ3n) is 6.04. The molecule has 2 aliphatic heterocycles. The van der Waals surface area contributed by atoms with Crippen LogP contribution in [0.5, 0.6) is 0 Å². The van der Waals surface area contributed by atoms with Gasteiger partial charge in [0.05, 0.1) is 26.1 Å². The lowest BCUT2D eigenvalue weighted by Crippen LogP contribution is -2.12. The molecule has 0 aromatic carbocycles. The molecular weight excluding hydrogens is 343 g/mol. The summed E-state index contributed by atoms with van der Waals surface area (Å²) in [4.78, 5) is 0. The predicted molar refractivity (Wildman–Crippen MR) is 124 cm³/mol. The van der Waals surface area contributed by atoms with Crippen LogP contribution in [0.2, 0.25) is 0 Å². The van der Waals surface area contributed by atoms with Gasteiger partial charge in [-0.15, -0.1) is 0 Å². The molecule has 161 valence electrons. The van der Waals surface area contributed by atoms with Crippen LogP contribution in [0.25, 0.3) is 0 Å². The van der Waals surface area contributed by atoms with Crippen molar-refractivity contribution in [3.8, 4) is 0 Å². The average molecular weight is 389 g/mol. The molecule has 2 heterocycles. The van der Waals surface area contributed by atoms with Crippen LogP contribution in [0.1, 0.15) is 92.9 Å². The molecule has 0 aromatic heterocycles. The van der Waals surface area contributed by atoms with E-state index in [4.69, 9.17) is 9.47 Å². The van der Waals surface area contributed by atoms with Crippen LogP contribution >= 0.6 is 0 Å². The first kappa shape index (κ1) is 27.3. The van der Waals surface area contributed by atoms with E-state index >= 15 is 0 Å². The Morgan fingerprint density at radius 3 is 1.75 bits per heavy atom. The van der Waals surface area contributed by atoms with Gasteiger partial charge in [-0.1, -0.05) is 85.3 Å². The van der Waals surface area contributed by atoms with Gasteiger partial charge in [0.1, 0.15) is 0 Å². The lowest BCUT2D eigenvalue weighted by Gasteiger charge is -2.24. The topological polar surface area (TPSA) is 18.5 Å². The number of ether oxygens (including phenoxy) is 2. The first-order valence-corrected chi connectivity index (χ1v) is 11.5. The molecule has 3 heteroatoms. The number of hydrogen-bond donors (Lipinski definition) is 0. The SMILES string of the molecule is CC(C)C1=CCOCC1.CC(C)C1=COCCC1.CC(C)C1CCCCC1.[B]. The van der Waals surface area contributed by atoms with Gasteiger partial charge in [-0.25, -0.2) is 0 Å². The zero-order valence-electron chi connectivity index (χ0n) is 19.6. The molecule has 0 N–H and O–H groups in total. The monoisotopic (exact) mass is 389 g/mol. The van der Waals surface area contributed by atoms with E-state index in [9.17, 15) is 0 Å². The summed E-state index contributed by atoms with van der Waals surface area (Å²) in [6.07, 6.45) is 15.2. The zero-order chi connectivity index (χ0) is 20.1. The van der Waals surface area contributed by atoms with Crippen molar-refractivity contribution in [2.24, 2.45) is 23.7 Å². The maximum absolute atomic E-state index is 5.18. The van der Waals surface area contributed by atoms with E-state index in [0.29, 0.717) is 11.8 Å². The number of allylic oxidation sites excluding steroid dienone is 1. The van der Waals surface area contributed by atoms with Crippen molar-refractivity contribution in [1.82, 2.24) is 0 Å². The Morgan fingerprint density at radius 1 is 0.786 bits per heavy atom. The molecule has 0 unspecified atom stereocenters. The fraction of sp³-hybridized carbons (Fsp3) is 0.840. The first-order valence-electron chi connectivity index (χ1n) is 11.5. The normalized spacial score (nSPS) is 20.0. The molecule has 3 radical (unpaired) electrons. The van der Waals surface area contributed by atoms with E-state index in [1.165, 1.54) is 50.5 Å². The van der Waals surface area contributed by atoms with Gasteiger partial charge in [-0.3, -0.25) is 0 Å². The van der Waals surface area contributed by atoms with Crippen LogP contribution in [0.15, 0.2) is 23.5 Å². The maximum atomic E-state index is 5.18. The highest BCUT2D eigenvalue weighted by Gasteiger charge is 2.15. The maximum Gasteiger partial charge on any atom is 0.0876 e. The van der Waals surface area contributed by atoms with Gasteiger partial charge in [0, 0.05) is 8.41 Å². The molecule has 0 bridgehead atoms. The fourth-order valence-corrected chi connectivity index (χ4v) is 3.88. The molecule has 0 aromatic rings. The Bertz CT molecular complexity index is 402. The quantitative estimate of drug-likeness (QED) is 0.376. The summed E-state index contributed by atoms with van der Waals surface area (Å²) < 4.78 is 10.4. The van der Waals surface area contributed by atoms with Crippen molar-refractivity contribution >= 4 is 8.41 Å². The number of rotatable bonds is 3. The van der Waals surface area contributed by atoms with Crippen LogP contribution in [0.3, 0.4) is 0 Å². The van der Waals surface area contributed by atoms with Crippen molar-refractivity contribution in [1.29, 1.82) is 0 Å². The van der Waals surface area contributed by atoms with Gasteiger partial charge in [0.25, 0.3) is 0 Å². The van der Waals surface area contributed by atoms with Crippen LogP contribution in [0, 0.1) is 23.7 Å². The molecule has 0 saturated heterocycles. The Labute approximate surface area is 178 Å². The van der Waals surface area contributed by atoms with Gasteiger partial charge in [-0.2, -0.15) is 0 Å². The van der Waals surface area contributed by atoms with Gasteiger partial charge in [-0.05, 0) is 48.5 Å². The second-order valence-electron chi connectivity index (χ2n) is 9.22. The summed E-state index contributed by atoms with van der Waals surface area (Å²) >= 11 is 0. The van der Waals surface area contributed by atoms with Gasteiger partial charge in [0.15, 0.2) is 0 Å². The highest BCUT2D eigenvalue weighted by molar-refractivity contribution is 5.75. The zero-order valence-corrected chi connectivity index (χ0v) is 19.6. The largest absolute Gasteiger partial charge is 0.501 e. The Hall–Kier alpha value is -0.695. The van der Waals surface area contributed by atoms with Crippen molar-refractivity contribution < 1.29 is 9.47 Å². The summed E-state index contributed by atoms with van der Waals surface area (Å²) in [5, 5.41) is 0. The van der Waals surface area contributed by atoms with Crippen LogP contribution < -0.4 is 0 Å². The second-order valence-corrected chi connectivity index (χ2v) is 9.22. The summed E-state index contributed by atoms with van der Waals surface area (Å²) in [5.41, 5.74) is 3.02. The fourth-order valence-electron chi connectivity index (χ4n) is 3.88. The predicted octanol–water partition coefficient (Wildman–Crippen LogP) is 7.17. The number of hydrogen-bond acceptors (Lipinski definition) is 2. The van der Waals surface area contributed by atoms with Crippen molar-refractivity contribution in [3.63, 3.8) is 0 Å². The van der Waals surface area contributed by atoms with Crippen LogP contribution in [-0.2, 0) is 9.47 Å². The van der Waals surface area contributed by atoms with Crippen molar-refractivity contribution in [2.45, 2.75) is 92.9 Å². The average Bonchev–Trinajstić information content (AvgIpc) is 2.71. The third kappa shape index (κ3) is 12.0. The third-order valence-corrected chi connectivity index (χ3v) is 6.04. The molecule has 0 atom stereocenters. The Morgan fingerprint density at radius 2 is 1.43 bits per heavy atom. The molecule has 3 rings (SSSR count). The summed E-state index contributed by atoms with van der Waals surface area (Å²) in [6, 6.07) is 0. The molecule has 28 heavy (non-hydrogen) atoms. The smallest absolute Gasteiger partial charge is 0.0876 e. The molecule has 1 saturated carbocycles. The van der Waals surface area contributed by atoms with Crippen LogP contribution in [-0.4, -0.2) is 28.2 Å². The summed E-state index contributed by atoms with van der Waals surface area (Å²) in [6.45, 7) is 16.3. The van der Waals surface area contributed by atoms with Gasteiger partial charge < -0.3 is 9.47 Å². The molecule has 1 aliphatic carbocycles. The molecule has 2 nitrogen and oxygen atoms in total. The first-order chi connectivity index (χ1) is 12.9. The van der Waals surface area contributed by atoms with E-state index in [-0.39, 0.29) is 8.41 Å². The Balaban J connectivity index is 0.000000384. The van der Waals surface area contributed by atoms with Gasteiger partial charge in [0.2, 0.25) is 0 Å². The lowest BCUT2D eigenvalue weighted by atomic mass is 9.82. The summed E-state index contributed by atoms with van der Waals surface area (Å²) in [7, 11) is 0.